The molecular formula is C21H18F4N4O6S. The second-order valence-electron chi connectivity index (χ2n) is 6.74. The lowest BCUT2D eigenvalue weighted by atomic mass is 10.1. The maximum atomic E-state index is 15.0. The molecule has 10 nitrogen and oxygen atoms in total. The summed E-state index contributed by atoms with van der Waals surface area (Å²) in [6, 6.07) is 4.73. The van der Waals surface area contributed by atoms with Crippen LogP contribution in [0.2, 0.25) is 0 Å². The molecule has 3 aromatic heterocycles. The highest BCUT2D eigenvalue weighted by Gasteiger charge is 2.38. The first-order valence-corrected chi connectivity index (χ1v) is 11.1. The Balaban J connectivity index is 0.000000493. The normalized spacial score (nSPS) is 11.7. The second-order valence-corrected chi connectivity index (χ2v) is 8.56. The van der Waals surface area contributed by atoms with E-state index >= 15 is 4.39 Å². The molecule has 36 heavy (non-hydrogen) atoms. The fourth-order valence-corrected chi connectivity index (χ4v) is 4.19. The second kappa shape index (κ2) is 11.5. The molecule has 0 saturated heterocycles. The van der Waals surface area contributed by atoms with Crippen LogP contribution in [-0.4, -0.2) is 51.6 Å². The van der Waals surface area contributed by atoms with Crippen LogP contribution in [0.5, 0.6) is 0 Å². The summed E-state index contributed by atoms with van der Waals surface area (Å²) in [5, 5.41) is 18.3. The number of hydrogen-bond acceptors (Lipinski definition) is 7. The molecule has 0 aliphatic rings. The lowest BCUT2D eigenvalue weighted by molar-refractivity contribution is -0.140. The van der Waals surface area contributed by atoms with Crippen molar-refractivity contribution in [3.05, 3.63) is 78.3 Å². The van der Waals surface area contributed by atoms with Crippen molar-refractivity contribution in [3.63, 3.8) is 0 Å². The van der Waals surface area contributed by atoms with Gasteiger partial charge in [0.15, 0.2) is 11.5 Å². The van der Waals surface area contributed by atoms with Gasteiger partial charge in [-0.05, 0) is 31.3 Å². The van der Waals surface area contributed by atoms with Gasteiger partial charge in [-0.2, -0.15) is 13.2 Å². The fourth-order valence-electron chi connectivity index (χ4n) is 2.83. The van der Waals surface area contributed by atoms with Crippen LogP contribution < -0.4 is 5.32 Å². The maximum absolute atomic E-state index is 15.0. The number of alkyl halides is 3. The van der Waals surface area contributed by atoms with E-state index in [0.29, 0.717) is 16.1 Å². The molecule has 0 radical (unpaired) electrons. The summed E-state index contributed by atoms with van der Waals surface area (Å²) in [7, 11) is -2.91. The fraction of sp³-hybridized carbons (Fsp3) is 0.143. The van der Waals surface area contributed by atoms with E-state index in [9.17, 15) is 31.2 Å². The minimum absolute atomic E-state index is 0.0873. The molecular weight excluding hydrogens is 512 g/mol. The largest absolute Gasteiger partial charge is 0.478 e. The van der Waals surface area contributed by atoms with E-state index in [0.717, 1.165) is 24.7 Å². The number of nitrogens with zero attached hydrogens (tertiary/aromatic N) is 3. The number of aromatic nitrogens is 3. The van der Waals surface area contributed by atoms with E-state index in [1.54, 1.807) is 0 Å². The number of halogens is 4. The number of nitrogens with one attached hydrogen (secondary N) is 1. The van der Waals surface area contributed by atoms with Gasteiger partial charge in [0.2, 0.25) is 0 Å². The number of aliphatic carboxylic acids is 2. The summed E-state index contributed by atoms with van der Waals surface area (Å²) >= 11 is 0. The van der Waals surface area contributed by atoms with Crippen LogP contribution in [0.1, 0.15) is 11.3 Å². The molecule has 192 valence electrons. The van der Waals surface area contributed by atoms with Crippen LogP contribution in [0.15, 0.2) is 66.1 Å². The third-order valence-corrected chi connectivity index (χ3v) is 5.88. The van der Waals surface area contributed by atoms with Gasteiger partial charge < -0.3 is 15.5 Å². The van der Waals surface area contributed by atoms with E-state index in [2.05, 4.69) is 15.3 Å². The third-order valence-electron chi connectivity index (χ3n) is 4.24. The molecule has 0 amide bonds. The van der Waals surface area contributed by atoms with Crippen molar-refractivity contribution in [2.75, 3.05) is 7.05 Å². The molecule has 15 heteroatoms. The standard InChI is InChI=1S/C17H14F4N4O2S.C4H4O4/c1-22-8-11-10-25(28(26,27)12-4-2-6-23-9-12)15(14(11)18)13-5-3-7-24-16(13)17(19,20)21;5-3(6)1-2-4(7)8/h2-7,9-10,22H,8H2,1H3;1-2H,(H,5,6)(H,7,8)/b;2-1+. The van der Waals surface area contributed by atoms with Crippen molar-refractivity contribution in [2.24, 2.45) is 0 Å². The number of carboxylic acid groups (broad SMARTS) is 2. The van der Waals surface area contributed by atoms with Crippen molar-refractivity contribution in [1.82, 2.24) is 19.3 Å². The Labute approximate surface area is 201 Å². The SMILES string of the molecule is CNCc1cn(S(=O)(=O)c2cccnc2)c(-c2cccnc2C(F)(F)F)c1F.O=C(O)/C=C/C(=O)O. The van der Waals surface area contributed by atoms with E-state index in [1.165, 1.54) is 31.4 Å². The topological polar surface area (TPSA) is 151 Å². The average Bonchev–Trinajstić information content (AvgIpc) is 3.15. The first-order valence-electron chi connectivity index (χ1n) is 9.67. The van der Waals surface area contributed by atoms with Gasteiger partial charge >= 0.3 is 18.1 Å². The third kappa shape index (κ3) is 6.73. The molecule has 3 heterocycles. The Morgan fingerprint density at radius 1 is 1.11 bits per heavy atom. The van der Waals surface area contributed by atoms with E-state index in [-0.39, 0.29) is 17.0 Å². The Hall–Kier alpha value is -4.11. The van der Waals surface area contributed by atoms with Crippen molar-refractivity contribution in [2.45, 2.75) is 17.6 Å². The van der Waals surface area contributed by atoms with Gasteiger partial charge in [-0.25, -0.2) is 26.4 Å². The monoisotopic (exact) mass is 530 g/mol. The van der Waals surface area contributed by atoms with Gasteiger partial charge in [-0.3, -0.25) is 9.97 Å². The van der Waals surface area contributed by atoms with Crippen LogP contribution >= 0.6 is 0 Å². The summed E-state index contributed by atoms with van der Waals surface area (Å²) in [4.78, 5) is 25.8. The molecule has 0 bridgehead atoms. The number of pyridine rings is 2. The van der Waals surface area contributed by atoms with Crippen molar-refractivity contribution in [3.8, 4) is 11.3 Å². The van der Waals surface area contributed by atoms with Crippen molar-refractivity contribution < 1.29 is 45.8 Å². The molecule has 0 spiro atoms. The lowest BCUT2D eigenvalue weighted by Crippen LogP contribution is -2.16. The highest BCUT2D eigenvalue weighted by Crippen LogP contribution is 2.38. The molecule has 0 aromatic carbocycles. The van der Waals surface area contributed by atoms with Gasteiger partial charge in [0.05, 0.1) is 0 Å². The van der Waals surface area contributed by atoms with Crippen LogP contribution in [0.25, 0.3) is 11.3 Å². The number of carbonyl (C=O) groups is 2. The molecule has 0 fully saturated rings. The van der Waals surface area contributed by atoms with Crippen molar-refractivity contribution >= 4 is 22.0 Å². The summed E-state index contributed by atoms with van der Waals surface area (Å²) in [6.45, 7) is -0.0873. The van der Waals surface area contributed by atoms with E-state index < -0.39 is 50.9 Å². The summed E-state index contributed by atoms with van der Waals surface area (Å²) in [5.74, 6) is -3.60. The molecule has 3 rings (SSSR count). The lowest BCUT2D eigenvalue weighted by Gasteiger charge is -2.14. The number of rotatable bonds is 7. The average molecular weight is 530 g/mol. The minimum atomic E-state index is -4.90. The number of carboxylic acids is 2. The van der Waals surface area contributed by atoms with Gasteiger partial charge in [-0.15, -0.1) is 0 Å². The summed E-state index contributed by atoms with van der Waals surface area (Å²) in [5.41, 5.74) is -2.91. The molecule has 0 aliphatic heterocycles. The Morgan fingerprint density at radius 2 is 1.72 bits per heavy atom. The summed E-state index contributed by atoms with van der Waals surface area (Å²) < 4.78 is 81.7. The molecule has 0 atom stereocenters. The van der Waals surface area contributed by atoms with Crippen LogP contribution in [-0.2, 0) is 32.3 Å². The Bertz CT molecular complexity index is 1360. The van der Waals surface area contributed by atoms with Gasteiger partial charge in [0.1, 0.15) is 10.6 Å². The highest BCUT2D eigenvalue weighted by molar-refractivity contribution is 7.90. The maximum Gasteiger partial charge on any atom is 0.434 e. The molecule has 3 N–H and O–H groups in total. The highest BCUT2D eigenvalue weighted by atomic mass is 32.2. The van der Waals surface area contributed by atoms with Crippen molar-refractivity contribution in [1.29, 1.82) is 0 Å². The van der Waals surface area contributed by atoms with Gasteiger partial charge in [0.25, 0.3) is 10.0 Å². The molecule has 0 unspecified atom stereocenters. The smallest absolute Gasteiger partial charge is 0.434 e. The first-order chi connectivity index (χ1) is 16.8. The van der Waals surface area contributed by atoms with Crippen LogP contribution in [0.4, 0.5) is 17.6 Å². The first kappa shape index (κ1) is 28.1. The molecule has 0 saturated carbocycles. The quantitative estimate of drug-likeness (QED) is 0.309. The Kier molecular flexibility index (Phi) is 9.02. The van der Waals surface area contributed by atoms with Gasteiger partial charge in [0, 0.05) is 54.6 Å². The predicted molar refractivity (Wildman–Crippen MR) is 117 cm³/mol. The predicted octanol–water partition coefficient (Wildman–Crippen LogP) is 2.77. The zero-order chi connectivity index (χ0) is 27.1. The molecule has 3 aromatic rings. The van der Waals surface area contributed by atoms with Crippen LogP contribution in [0.3, 0.4) is 0 Å². The van der Waals surface area contributed by atoms with E-state index in [4.69, 9.17) is 10.2 Å². The molecule has 0 aliphatic carbocycles. The van der Waals surface area contributed by atoms with Crippen LogP contribution in [0, 0.1) is 5.82 Å². The van der Waals surface area contributed by atoms with Gasteiger partial charge in [-0.1, -0.05) is 0 Å². The Morgan fingerprint density at radius 3 is 2.22 bits per heavy atom. The number of hydrogen-bond donors (Lipinski definition) is 3. The zero-order valence-corrected chi connectivity index (χ0v) is 19.1. The summed E-state index contributed by atoms with van der Waals surface area (Å²) in [6.07, 6.45) is 0.441. The zero-order valence-electron chi connectivity index (χ0n) is 18.3. The minimum Gasteiger partial charge on any atom is -0.478 e. The van der Waals surface area contributed by atoms with E-state index in [1.807, 2.05) is 0 Å².